The van der Waals surface area contributed by atoms with Gasteiger partial charge in [-0.1, -0.05) is 79.3 Å². The molecule has 0 bridgehead atoms. The summed E-state index contributed by atoms with van der Waals surface area (Å²) in [5.74, 6) is 1.64. The Balaban J connectivity index is 1.54. The molecule has 7 heteroatoms. The number of benzene rings is 3. The van der Waals surface area contributed by atoms with Crippen LogP contribution in [0.2, 0.25) is 0 Å². The second kappa shape index (κ2) is 11.0. The van der Waals surface area contributed by atoms with Gasteiger partial charge in [-0.25, -0.2) is 0 Å². The van der Waals surface area contributed by atoms with Crippen LogP contribution in [0.15, 0.2) is 90.1 Å². The van der Waals surface area contributed by atoms with E-state index in [4.69, 9.17) is 4.74 Å². The molecule has 0 radical (unpaired) electrons. The highest BCUT2D eigenvalue weighted by molar-refractivity contribution is 8.00. The molecule has 0 spiro atoms. The van der Waals surface area contributed by atoms with Gasteiger partial charge in [0.25, 0.3) is 0 Å². The highest BCUT2D eigenvalue weighted by atomic mass is 32.2. The van der Waals surface area contributed by atoms with Crippen molar-refractivity contribution < 1.29 is 9.53 Å². The lowest BCUT2D eigenvalue weighted by molar-refractivity contribution is -0.120. The van der Waals surface area contributed by atoms with Gasteiger partial charge in [0.05, 0.1) is 12.4 Å². The van der Waals surface area contributed by atoms with Crippen LogP contribution in [0, 0.1) is 0 Å². The Labute approximate surface area is 204 Å². The smallest absolute Gasteiger partial charge is 0.233 e. The summed E-state index contributed by atoms with van der Waals surface area (Å²) < 4.78 is 7.37. The van der Waals surface area contributed by atoms with Gasteiger partial charge in [-0.2, -0.15) is 0 Å². The van der Waals surface area contributed by atoms with E-state index in [9.17, 15) is 4.79 Å². The Hall–Kier alpha value is -3.58. The number of nitrogens with zero attached hydrogens (tertiary/aromatic N) is 3. The Kier molecular flexibility index (Phi) is 7.65. The largest absolute Gasteiger partial charge is 0.497 e. The van der Waals surface area contributed by atoms with Crippen molar-refractivity contribution >= 4 is 17.7 Å². The third-order valence-electron chi connectivity index (χ3n) is 5.58. The van der Waals surface area contributed by atoms with Crippen LogP contribution in [0.25, 0.3) is 17.1 Å². The number of rotatable bonds is 9. The monoisotopic (exact) mass is 472 g/mol. The maximum atomic E-state index is 12.9. The molecule has 0 fully saturated rings. The number of ether oxygens (including phenoxy) is 1. The van der Waals surface area contributed by atoms with Gasteiger partial charge in [0.2, 0.25) is 5.91 Å². The number of para-hydroxylation sites is 1. The van der Waals surface area contributed by atoms with E-state index in [1.807, 2.05) is 84.3 Å². The highest BCUT2D eigenvalue weighted by Crippen LogP contribution is 2.31. The first-order valence-electron chi connectivity index (χ1n) is 11.2. The summed E-state index contributed by atoms with van der Waals surface area (Å²) in [5.41, 5.74) is 3.02. The number of aromatic nitrogens is 3. The molecule has 0 aliphatic rings. The molecule has 1 aromatic heterocycles. The number of amides is 1. The molecular formula is C27H28N4O2S. The summed E-state index contributed by atoms with van der Waals surface area (Å²) in [6.45, 7) is 4.58. The molecule has 2 unspecified atom stereocenters. The van der Waals surface area contributed by atoms with Crippen LogP contribution < -0.4 is 10.1 Å². The third-order valence-corrected chi connectivity index (χ3v) is 6.62. The first-order chi connectivity index (χ1) is 16.6. The van der Waals surface area contributed by atoms with E-state index in [0.29, 0.717) is 17.5 Å². The zero-order valence-electron chi connectivity index (χ0n) is 19.5. The van der Waals surface area contributed by atoms with Crippen molar-refractivity contribution in [2.75, 3.05) is 13.7 Å². The number of methoxy groups -OCH3 is 1. The fourth-order valence-corrected chi connectivity index (χ4v) is 4.51. The molecule has 4 aromatic rings. The summed E-state index contributed by atoms with van der Waals surface area (Å²) in [6, 6.07) is 27.8. The van der Waals surface area contributed by atoms with Crippen LogP contribution >= 0.6 is 11.8 Å². The molecule has 0 aliphatic carbocycles. The quantitative estimate of drug-likeness (QED) is 0.333. The van der Waals surface area contributed by atoms with E-state index in [1.54, 1.807) is 7.11 Å². The molecule has 6 nitrogen and oxygen atoms in total. The molecule has 1 amide bonds. The summed E-state index contributed by atoms with van der Waals surface area (Å²) in [7, 11) is 1.64. The maximum absolute atomic E-state index is 12.9. The molecule has 1 heterocycles. The molecule has 174 valence electrons. The van der Waals surface area contributed by atoms with Crippen LogP contribution in [0.3, 0.4) is 0 Å². The molecular weight excluding hydrogens is 444 g/mol. The summed E-state index contributed by atoms with van der Waals surface area (Å²) in [5, 5.41) is 12.3. The number of carbonyl (C=O) groups excluding carboxylic acids is 1. The van der Waals surface area contributed by atoms with Gasteiger partial charge in [0, 0.05) is 17.8 Å². The van der Waals surface area contributed by atoms with E-state index >= 15 is 0 Å². The fourth-order valence-electron chi connectivity index (χ4n) is 3.61. The Morgan fingerprint density at radius 3 is 2.38 bits per heavy atom. The minimum absolute atomic E-state index is 0.0293. The van der Waals surface area contributed by atoms with E-state index in [0.717, 1.165) is 17.0 Å². The number of hydrogen-bond donors (Lipinski definition) is 1. The molecule has 2 atom stereocenters. The van der Waals surface area contributed by atoms with E-state index < -0.39 is 0 Å². The lowest BCUT2D eigenvalue weighted by atomic mass is 10.0. The van der Waals surface area contributed by atoms with Crippen LogP contribution in [0.1, 0.15) is 25.3 Å². The highest BCUT2D eigenvalue weighted by Gasteiger charge is 2.22. The number of nitrogens with one attached hydrogen (secondary N) is 1. The molecule has 0 saturated carbocycles. The van der Waals surface area contributed by atoms with E-state index in [-0.39, 0.29) is 17.1 Å². The zero-order valence-corrected chi connectivity index (χ0v) is 20.3. The first kappa shape index (κ1) is 23.6. The third kappa shape index (κ3) is 5.48. The Bertz CT molecular complexity index is 1230. The second-order valence-corrected chi connectivity index (χ2v) is 9.33. The van der Waals surface area contributed by atoms with Crippen molar-refractivity contribution in [1.29, 1.82) is 0 Å². The SMILES string of the molecule is COc1cccc(-c2nnc(SC(C)C(=O)NCC(C)c3ccccc3)n2-c2ccccc2)c1. The summed E-state index contributed by atoms with van der Waals surface area (Å²) in [4.78, 5) is 12.9. The van der Waals surface area contributed by atoms with Gasteiger partial charge in [0.15, 0.2) is 11.0 Å². The van der Waals surface area contributed by atoms with Gasteiger partial charge in [-0.15, -0.1) is 10.2 Å². The number of thioether (sulfide) groups is 1. The number of carbonyl (C=O) groups is 1. The molecule has 0 saturated heterocycles. The predicted molar refractivity (Wildman–Crippen MR) is 137 cm³/mol. The maximum Gasteiger partial charge on any atom is 0.233 e. The Morgan fingerprint density at radius 1 is 0.971 bits per heavy atom. The fraction of sp³-hybridized carbons (Fsp3) is 0.222. The van der Waals surface area contributed by atoms with Gasteiger partial charge in [-0.3, -0.25) is 9.36 Å². The van der Waals surface area contributed by atoms with Crippen LogP contribution in [0.5, 0.6) is 5.75 Å². The van der Waals surface area contributed by atoms with Gasteiger partial charge in [0.1, 0.15) is 5.75 Å². The van der Waals surface area contributed by atoms with Crippen molar-refractivity contribution in [3.8, 4) is 22.8 Å². The molecule has 34 heavy (non-hydrogen) atoms. The minimum Gasteiger partial charge on any atom is -0.497 e. The normalized spacial score (nSPS) is 12.7. The van der Waals surface area contributed by atoms with Crippen molar-refractivity contribution in [2.45, 2.75) is 30.2 Å². The topological polar surface area (TPSA) is 69.0 Å². The lowest BCUT2D eigenvalue weighted by Crippen LogP contribution is -2.33. The van der Waals surface area contributed by atoms with Crippen LogP contribution in [-0.4, -0.2) is 39.6 Å². The second-order valence-electron chi connectivity index (χ2n) is 8.03. The van der Waals surface area contributed by atoms with Crippen molar-refractivity contribution in [3.05, 3.63) is 90.5 Å². The van der Waals surface area contributed by atoms with Crippen molar-refractivity contribution in [2.24, 2.45) is 0 Å². The summed E-state index contributed by atoms with van der Waals surface area (Å²) in [6.07, 6.45) is 0. The number of hydrogen-bond acceptors (Lipinski definition) is 5. The standard InChI is InChI=1S/C27H28N4O2S/c1-19(21-11-6-4-7-12-21)18-28-26(32)20(2)34-27-30-29-25(22-13-10-16-24(17-22)33-3)31(27)23-14-8-5-9-15-23/h4-17,19-20H,18H2,1-3H3,(H,28,32). The van der Waals surface area contributed by atoms with E-state index in [1.165, 1.54) is 17.3 Å². The first-order valence-corrected chi connectivity index (χ1v) is 12.1. The zero-order chi connectivity index (χ0) is 23.9. The summed E-state index contributed by atoms with van der Waals surface area (Å²) >= 11 is 1.39. The van der Waals surface area contributed by atoms with Crippen LogP contribution in [0.4, 0.5) is 0 Å². The minimum atomic E-state index is -0.340. The lowest BCUT2D eigenvalue weighted by Gasteiger charge is -2.16. The molecule has 1 N–H and O–H groups in total. The van der Waals surface area contributed by atoms with Gasteiger partial charge in [-0.05, 0) is 42.7 Å². The van der Waals surface area contributed by atoms with Crippen LogP contribution in [-0.2, 0) is 4.79 Å². The average molecular weight is 473 g/mol. The van der Waals surface area contributed by atoms with E-state index in [2.05, 4.69) is 34.6 Å². The Morgan fingerprint density at radius 2 is 1.68 bits per heavy atom. The molecule has 3 aromatic carbocycles. The van der Waals surface area contributed by atoms with Crippen molar-refractivity contribution in [3.63, 3.8) is 0 Å². The van der Waals surface area contributed by atoms with Crippen molar-refractivity contribution in [1.82, 2.24) is 20.1 Å². The predicted octanol–water partition coefficient (Wildman–Crippen LogP) is 5.34. The average Bonchev–Trinajstić information content (AvgIpc) is 3.31. The van der Waals surface area contributed by atoms with Gasteiger partial charge < -0.3 is 10.1 Å². The molecule has 0 aliphatic heterocycles. The van der Waals surface area contributed by atoms with Gasteiger partial charge >= 0.3 is 0 Å². The molecule has 4 rings (SSSR count).